The van der Waals surface area contributed by atoms with Gasteiger partial charge in [-0.3, -0.25) is 4.90 Å². The van der Waals surface area contributed by atoms with E-state index in [2.05, 4.69) is 55.2 Å². The lowest BCUT2D eigenvalue weighted by Gasteiger charge is -2.30. The van der Waals surface area contributed by atoms with Crippen molar-refractivity contribution >= 4 is 22.6 Å². The summed E-state index contributed by atoms with van der Waals surface area (Å²) in [7, 11) is 0. The zero-order chi connectivity index (χ0) is 8.15. The second kappa shape index (κ2) is 5.35. The molecule has 0 aromatic rings. The highest BCUT2D eigenvalue weighted by atomic mass is 127. The van der Waals surface area contributed by atoms with Crippen LogP contribution in [0.3, 0.4) is 0 Å². The fraction of sp³-hybridized carbons (Fsp3) is 1.00. The summed E-state index contributed by atoms with van der Waals surface area (Å²) in [5, 5.41) is 0. The maximum Gasteiger partial charge on any atom is 0.0159 e. The smallest absolute Gasteiger partial charge is 0.0159 e. The fourth-order valence-electron chi connectivity index (χ4n) is 1.27. The average molecular weight is 255 g/mol. The van der Waals surface area contributed by atoms with Gasteiger partial charge in [-0.15, -0.1) is 0 Å². The lowest BCUT2D eigenvalue weighted by Crippen LogP contribution is -2.39. The topological polar surface area (TPSA) is 3.24 Å². The summed E-state index contributed by atoms with van der Waals surface area (Å²) >= 11 is 2.44. The molecule has 0 amide bonds. The highest BCUT2D eigenvalue weighted by Crippen LogP contribution is 2.06. The molecule has 0 aromatic heterocycles. The second-order valence-corrected chi connectivity index (χ2v) is 3.81. The molecule has 0 aromatic carbocycles. The van der Waals surface area contributed by atoms with Crippen molar-refractivity contribution in [3.8, 4) is 0 Å². The third-order valence-electron chi connectivity index (χ3n) is 1.82. The number of halogens is 1. The fourth-order valence-corrected chi connectivity index (χ4v) is 1.78. The van der Waals surface area contributed by atoms with E-state index in [9.17, 15) is 0 Å². The number of alkyl halides is 1. The molecule has 0 rings (SSSR count). The molecule has 0 aliphatic carbocycles. The molecule has 1 atom stereocenters. The van der Waals surface area contributed by atoms with E-state index in [1.54, 1.807) is 0 Å². The van der Waals surface area contributed by atoms with Gasteiger partial charge in [0.2, 0.25) is 0 Å². The van der Waals surface area contributed by atoms with Crippen molar-refractivity contribution < 1.29 is 0 Å². The van der Waals surface area contributed by atoms with Crippen molar-refractivity contribution in [2.45, 2.75) is 39.8 Å². The molecule has 0 fully saturated rings. The Bertz CT molecular complexity index is 83.3. The largest absolute Gasteiger partial charge is 0.298 e. The molecule has 0 saturated heterocycles. The molecule has 0 bridgehead atoms. The predicted molar refractivity (Wildman–Crippen MR) is 55.9 cm³/mol. The van der Waals surface area contributed by atoms with E-state index in [0.29, 0.717) is 6.04 Å². The van der Waals surface area contributed by atoms with Crippen molar-refractivity contribution in [2.75, 3.05) is 11.0 Å². The Morgan fingerprint density at radius 2 is 1.80 bits per heavy atom. The van der Waals surface area contributed by atoms with Gasteiger partial charge < -0.3 is 0 Å². The number of rotatable bonds is 4. The van der Waals surface area contributed by atoms with Crippen LogP contribution in [-0.2, 0) is 0 Å². The summed E-state index contributed by atoms with van der Waals surface area (Å²) in [4.78, 5) is 2.51. The van der Waals surface area contributed by atoms with Crippen molar-refractivity contribution in [3.63, 3.8) is 0 Å². The highest BCUT2D eigenvalue weighted by molar-refractivity contribution is 14.1. The Labute approximate surface area is 78.3 Å². The van der Waals surface area contributed by atoms with Crippen LogP contribution in [0, 0.1) is 0 Å². The molecular weight excluding hydrogens is 237 g/mol. The predicted octanol–water partition coefficient (Wildman–Crippen LogP) is 2.54. The van der Waals surface area contributed by atoms with Crippen LogP contribution < -0.4 is 0 Å². The maximum atomic E-state index is 2.51. The molecular formula is C8H18IN. The van der Waals surface area contributed by atoms with Crippen LogP contribution in [0.2, 0.25) is 0 Å². The minimum absolute atomic E-state index is 0.690. The van der Waals surface area contributed by atoms with Gasteiger partial charge in [0.25, 0.3) is 0 Å². The monoisotopic (exact) mass is 255 g/mol. The summed E-state index contributed by atoms with van der Waals surface area (Å²) in [6.07, 6.45) is 0. The molecule has 0 N–H and O–H groups in total. The van der Waals surface area contributed by atoms with Gasteiger partial charge in [0.15, 0.2) is 0 Å². The Kier molecular flexibility index (Phi) is 5.72. The molecule has 0 saturated carbocycles. The Morgan fingerprint density at radius 3 is 1.90 bits per heavy atom. The van der Waals surface area contributed by atoms with E-state index < -0.39 is 0 Å². The number of hydrogen-bond donors (Lipinski definition) is 0. The minimum Gasteiger partial charge on any atom is -0.298 e. The summed E-state index contributed by atoms with van der Waals surface area (Å²) in [6.45, 7) is 10.2. The van der Waals surface area contributed by atoms with Crippen LogP contribution in [0.15, 0.2) is 0 Å². The van der Waals surface area contributed by atoms with Crippen molar-refractivity contribution in [1.82, 2.24) is 4.90 Å². The molecule has 1 unspecified atom stereocenters. The van der Waals surface area contributed by atoms with Gasteiger partial charge in [-0.25, -0.2) is 0 Å². The van der Waals surface area contributed by atoms with Gasteiger partial charge in [-0.05, 0) is 27.3 Å². The molecule has 0 radical (unpaired) electrons. The zero-order valence-corrected chi connectivity index (χ0v) is 9.55. The van der Waals surface area contributed by atoms with Gasteiger partial charge in [-0.2, -0.15) is 0 Å². The first-order chi connectivity index (χ1) is 4.63. The third kappa shape index (κ3) is 3.19. The lowest BCUT2D eigenvalue weighted by molar-refractivity contribution is 0.190. The Hall–Kier alpha value is 0.690. The SMILES string of the molecule is CCN(C(C)C)C(C)CI. The quantitative estimate of drug-likeness (QED) is 0.551. The number of hydrogen-bond acceptors (Lipinski definition) is 1. The van der Waals surface area contributed by atoms with Gasteiger partial charge in [0.1, 0.15) is 0 Å². The Balaban J connectivity index is 3.80. The second-order valence-electron chi connectivity index (χ2n) is 2.93. The molecule has 0 spiro atoms. The van der Waals surface area contributed by atoms with Gasteiger partial charge >= 0.3 is 0 Å². The standard InChI is InChI=1S/C8H18IN/c1-5-10(7(2)3)8(4)6-9/h7-8H,5-6H2,1-4H3. The Morgan fingerprint density at radius 1 is 1.30 bits per heavy atom. The van der Waals surface area contributed by atoms with Crippen molar-refractivity contribution in [2.24, 2.45) is 0 Å². The van der Waals surface area contributed by atoms with Crippen LogP contribution in [0.25, 0.3) is 0 Å². The van der Waals surface area contributed by atoms with Crippen LogP contribution in [0.4, 0.5) is 0 Å². The van der Waals surface area contributed by atoms with E-state index >= 15 is 0 Å². The van der Waals surface area contributed by atoms with Crippen molar-refractivity contribution in [1.29, 1.82) is 0 Å². The van der Waals surface area contributed by atoms with E-state index in [-0.39, 0.29) is 0 Å². The third-order valence-corrected chi connectivity index (χ3v) is 3.09. The summed E-state index contributed by atoms with van der Waals surface area (Å²) in [6, 6.07) is 1.42. The van der Waals surface area contributed by atoms with E-state index in [0.717, 1.165) is 6.04 Å². The molecule has 1 nitrogen and oxygen atoms in total. The maximum absolute atomic E-state index is 2.51. The minimum atomic E-state index is 0.690. The normalized spacial score (nSPS) is 14.7. The average Bonchev–Trinajstić information content (AvgIpc) is 1.88. The summed E-state index contributed by atoms with van der Waals surface area (Å²) in [5.74, 6) is 0. The first-order valence-corrected chi connectivity index (χ1v) is 5.47. The van der Waals surface area contributed by atoms with Crippen LogP contribution in [0.1, 0.15) is 27.7 Å². The number of nitrogens with zero attached hydrogens (tertiary/aromatic N) is 1. The van der Waals surface area contributed by atoms with Crippen LogP contribution in [0.5, 0.6) is 0 Å². The van der Waals surface area contributed by atoms with Crippen molar-refractivity contribution in [3.05, 3.63) is 0 Å². The molecule has 2 heteroatoms. The zero-order valence-electron chi connectivity index (χ0n) is 7.39. The molecule has 0 aliphatic rings. The summed E-state index contributed by atoms with van der Waals surface area (Å²) < 4.78 is 1.23. The van der Waals surface area contributed by atoms with E-state index in [4.69, 9.17) is 0 Å². The van der Waals surface area contributed by atoms with Gasteiger partial charge in [0.05, 0.1) is 0 Å². The van der Waals surface area contributed by atoms with E-state index in [1.165, 1.54) is 11.0 Å². The van der Waals surface area contributed by atoms with Crippen LogP contribution in [-0.4, -0.2) is 28.0 Å². The molecule has 62 valence electrons. The van der Waals surface area contributed by atoms with Gasteiger partial charge in [0, 0.05) is 16.5 Å². The summed E-state index contributed by atoms with van der Waals surface area (Å²) in [5.41, 5.74) is 0. The molecule has 0 aliphatic heterocycles. The highest BCUT2D eigenvalue weighted by Gasteiger charge is 2.12. The molecule has 10 heavy (non-hydrogen) atoms. The first kappa shape index (κ1) is 10.7. The van der Waals surface area contributed by atoms with E-state index in [1.807, 2.05) is 0 Å². The first-order valence-electron chi connectivity index (χ1n) is 3.95. The molecule has 0 heterocycles. The lowest BCUT2D eigenvalue weighted by atomic mass is 10.2. The van der Waals surface area contributed by atoms with Gasteiger partial charge in [-0.1, -0.05) is 29.5 Å². The van der Waals surface area contributed by atoms with Crippen LogP contribution >= 0.6 is 22.6 Å².